The molecule has 0 fully saturated rings. The molecule has 0 amide bonds. The van der Waals surface area contributed by atoms with Gasteiger partial charge in [0.2, 0.25) is 5.88 Å². The number of hydrogen-bond acceptors (Lipinski definition) is 3. The lowest BCUT2D eigenvalue weighted by Gasteiger charge is -2.16. The van der Waals surface area contributed by atoms with Crippen molar-refractivity contribution < 1.29 is 27.4 Å². The highest BCUT2D eigenvalue weighted by atomic mass is 19.4. The van der Waals surface area contributed by atoms with E-state index in [0.29, 0.717) is 5.56 Å². The number of hydrogen-bond donors (Lipinski definition) is 1. The van der Waals surface area contributed by atoms with Gasteiger partial charge in [0.25, 0.3) is 0 Å². The standard InChI is InChI=1S/C12H13F4NO2/c1-6-8-2-3-10(12(14,15)16)17-11(8)19-9(6)4-7(13)5-18/h2-3,6-7,9,18H,4-5H2,1H3/t6-,7-,9-/m0/s1. The molecule has 1 N–H and O–H groups in total. The van der Waals surface area contributed by atoms with E-state index in [9.17, 15) is 17.6 Å². The quantitative estimate of drug-likeness (QED) is 0.865. The van der Waals surface area contributed by atoms with Crippen molar-refractivity contribution in [2.24, 2.45) is 0 Å². The largest absolute Gasteiger partial charge is 0.473 e. The molecular weight excluding hydrogens is 266 g/mol. The molecule has 1 aliphatic rings. The molecule has 0 aliphatic carbocycles. The fraction of sp³-hybridized carbons (Fsp3) is 0.583. The molecule has 0 saturated heterocycles. The summed E-state index contributed by atoms with van der Waals surface area (Å²) in [5, 5.41) is 8.65. The highest BCUT2D eigenvalue weighted by Gasteiger charge is 2.38. The summed E-state index contributed by atoms with van der Waals surface area (Å²) in [7, 11) is 0. The van der Waals surface area contributed by atoms with Crippen molar-refractivity contribution >= 4 is 0 Å². The first-order valence-electron chi connectivity index (χ1n) is 5.82. The summed E-state index contributed by atoms with van der Waals surface area (Å²) >= 11 is 0. The van der Waals surface area contributed by atoms with Crippen LogP contribution in [0.3, 0.4) is 0 Å². The van der Waals surface area contributed by atoms with Gasteiger partial charge >= 0.3 is 6.18 Å². The van der Waals surface area contributed by atoms with Crippen LogP contribution in [0.2, 0.25) is 0 Å². The third kappa shape index (κ3) is 2.80. The van der Waals surface area contributed by atoms with Crippen LogP contribution in [0.1, 0.15) is 30.5 Å². The molecule has 0 radical (unpaired) electrons. The number of aromatic nitrogens is 1. The maximum atomic E-state index is 13.1. The number of alkyl halides is 4. The van der Waals surface area contributed by atoms with Crippen LogP contribution in [0.4, 0.5) is 17.6 Å². The molecule has 7 heteroatoms. The first-order valence-corrected chi connectivity index (χ1v) is 5.82. The Labute approximate surface area is 107 Å². The second kappa shape index (κ2) is 4.96. The minimum absolute atomic E-state index is 0.0740. The van der Waals surface area contributed by atoms with Crippen molar-refractivity contribution in [1.82, 2.24) is 4.98 Å². The van der Waals surface area contributed by atoms with E-state index in [2.05, 4.69) is 4.98 Å². The first kappa shape index (κ1) is 14.0. The summed E-state index contributed by atoms with van der Waals surface area (Å²) in [4.78, 5) is 3.43. The van der Waals surface area contributed by atoms with Gasteiger partial charge in [0, 0.05) is 17.9 Å². The zero-order valence-corrected chi connectivity index (χ0v) is 10.1. The molecule has 0 aromatic carbocycles. The second-order valence-corrected chi connectivity index (χ2v) is 4.55. The van der Waals surface area contributed by atoms with Crippen molar-refractivity contribution in [3.63, 3.8) is 0 Å². The van der Waals surface area contributed by atoms with Crippen LogP contribution in [0.15, 0.2) is 12.1 Å². The smallest absolute Gasteiger partial charge is 0.433 e. The van der Waals surface area contributed by atoms with E-state index < -0.39 is 30.8 Å². The number of rotatable bonds is 3. The van der Waals surface area contributed by atoms with Crippen molar-refractivity contribution in [1.29, 1.82) is 0 Å². The van der Waals surface area contributed by atoms with E-state index in [1.165, 1.54) is 6.07 Å². The fourth-order valence-electron chi connectivity index (χ4n) is 2.07. The lowest BCUT2D eigenvalue weighted by atomic mass is 9.95. The molecule has 0 spiro atoms. The van der Waals surface area contributed by atoms with Gasteiger partial charge in [0.1, 0.15) is 18.0 Å². The summed E-state index contributed by atoms with van der Waals surface area (Å²) < 4.78 is 55.9. The molecule has 0 unspecified atom stereocenters. The van der Waals surface area contributed by atoms with Crippen molar-refractivity contribution in [2.75, 3.05) is 6.61 Å². The molecule has 2 heterocycles. The van der Waals surface area contributed by atoms with Crippen LogP contribution in [-0.2, 0) is 6.18 Å². The first-order chi connectivity index (χ1) is 8.82. The Kier molecular flexibility index (Phi) is 3.66. The molecule has 1 aromatic rings. The summed E-state index contributed by atoms with van der Waals surface area (Å²) in [6.45, 7) is 1.10. The van der Waals surface area contributed by atoms with E-state index in [-0.39, 0.29) is 18.2 Å². The number of halogens is 4. The van der Waals surface area contributed by atoms with Crippen LogP contribution in [-0.4, -0.2) is 29.0 Å². The Morgan fingerprint density at radius 2 is 2.11 bits per heavy atom. The van der Waals surface area contributed by atoms with E-state index in [0.717, 1.165) is 6.07 Å². The molecular formula is C12H13F4NO2. The van der Waals surface area contributed by atoms with Crippen molar-refractivity contribution in [3.05, 3.63) is 23.4 Å². The second-order valence-electron chi connectivity index (χ2n) is 4.55. The lowest BCUT2D eigenvalue weighted by Crippen LogP contribution is -2.23. The summed E-state index contributed by atoms with van der Waals surface area (Å²) in [6.07, 6.45) is -6.67. The Morgan fingerprint density at radius 3 is 2.68 bits per heavy atom. The topological polar surface area (TPSA) is 42.4 Å². The number of aliphatic hydroxyl groups is 1. The molecule has 106 valence electrons. The average molecular weight is 279 g/mol. The Bertz CT molecular complexity index is 464. The van der Waals surface area contributed by atoms with Crippen molar-refractivity contribution in [3.8, 4) is 5.88 Å². The lowest BCUT2D eigenvalue weighted by molar-refractivity contribution is -0.141. The van der Waals surface area contributed by atoms with Gasteiger partial charge in [-0.05, 0) is 6.07 Å². The van der Waals surface area contributed by atoms with Crippen LogP contribution in [0.5, 0.6) is 5.88 Å². The molecule has 1 aromatic heterocycles. The molecule has 3 atom stereocenters. The minimum Gasteiger partial charge on any atom is -0.473 e. The van der Waals surface area contributed by atoms with Crippen LogP contribution >= 0.6 is 0 Å². The van der Waals surface area contributed by atoms with E-state index in [4.69, 9.17) is 9.84 Å². The normalized spacial score (nSPS) is 23.9. The molecule has 2 rings (SSSR count). The highest BCUT2D eigenvalue weighted by Crippen LogP contribution is 2.40. The highest BCUT2D eigenvalue weighted by molar-refractivity contribution is 5.36. The van der Waals surface area contributed by atoms with Crippen LogP contribution in [0.25, 0.3) is 0 Å². The van der Waals surface area contributed by atoms with Gasteiger partial charge in [-0.2, -0.15) is 13.2 Å². The van der Waals surface area contributed by atoms with Gasteiger partial charge < -0.3 is 9.84 Å². The zero-order chi connectivity index (χ0) is 14.2. The molecule has 1 aliphatic heterocycles. The minimum atomic E-state index is -4.53. The van der Waals surface area contributed by atoms with E-state index >= 15 is 0 Å². The van der Waals surface area contributed by atoms with Gasteiger partial charge in [-0.3, -0.25) is 0 Å². The van der Waals surface area contributed by atoms with Gasteiger partial charge in [-0.15, -0.1) is 0 Å². The predicted molar refractivity (Wildman–Crippen MR) is 58.7 cm³/mol. The van der Waals surface area contributed by atoms with Gasteiger partial charge in [-0.25, -0.2) is 9.37 Å². The number of fused-ring (bicyclic) bond motifs is 1. The number of nitrogens with zero attached hydrogens (tertiary/aromatic N) is 1. The van der Waals surface area contributed by atoms with E-state index in [1.807, 2.05) is 0 Å². The van der Waals surface area contributed by atoms with Crippen molar-refractivity contribution in [2.45, 2.75) is 37.7 Å². The number of pyridine rings is 1. The third-order valence-electron chi connectivity index (χ3n) is 3.18. The average Bonchev–Trinajstić information content (AvgIpc) is 2.64. The van der Waals surface area contributed by atoms with Crippen LogP contribution in [0, 0.1) is 0 Å². The van der Waals surface area contributed by atoms with E-state index in [1.54, 1.807) is 6.92 Å². The summed E-state index contributed by atoms with van der Waals surface area (Å²) in [5.74, 6) is -0.355. The number of aliphatic hydroxyl groups excluding tert-OH is 1. The Hall–Kier alpha value is -1.37. The molecule has 0 saturated carbocycles. The third-order valence-corrected chi connectivity index (χ3v) is 3.18. The molecule has 3 nitrogen and oxygen atoms in total. The fourth-order valence-corrected chi connectivity index (χ4v) is 2.07. The number of ether oxygens (including phenoxy) is 1. The maximum Gasteiger partial charge on any atom is 0.433 e. The van der Waals surface area contributed by atoms with Gasteiger partial charge in [0.05, 0.1) is 6.61 Å². The SMILES string of the molecule is C[C@H]1c2ccc(C(F)(F)F)nc2O[C@H]1C[C@H](F)CO. The van der Waals surface area contributed by atoms with Crippen LogP contribution < -0.4 is 4.74 Å². The molecule has 19 heavy (non-hydrogen) atoms. The summed E-state index contributed by atoms with van der Waals surface area (Å²) in [5.41, 5.74) is -0.499. The van der Waals surface area contributed by atoms with Gasteiger partial charge in [0.15, 0.2) is 0 Å². The predicted octanol–water partition coefficient (Wildman–Crippen LogP) is 2.69. The monoisotopic (exact) mass is 279 g/mol. The summed E-state index contributed by atoms with van der Waals surface area (Å²) in [6, 6.07) is 2.20. The van der Waals surface area contributed by atoms with Gasteiger partial charge in [-0.1, -0.05) is 13.0 Å². The Balaban J connectivity index is 2.21. The maximum absolute atomic E-state index is 13.1. The zero-order valence-electron chi connectivity index (χ0n) is 10.1. The molecule has 0 bridgehead atoms. The Morgan fingerprint density at radius 1 is 1.42 bits per heavy atom.